The first-order valence-electron chi connectivity index (χ1n) is 8.81. The summed E-state index contributed by atoms with van der Waals surface area (Å²) < 4.78 is 7.49. The lowest BCUT2D eigenvalue weighted by Crippen LogP contribution is -2.27. The minimum Gasteiger partial charge on any atom is -0.421 e. The summed E-state index contributed by atoms with van der Waals surface area (Å²) in [4.78, 5) is 12.5. The van der Waals surface area contributed by atoms with Crippen molar-refractivity contribution in [1.29, 1.82) is 0 Å². The van der Waals surface area contributed by atoms with Gasteiger partial charge in [-0.2, -0.15) is 0 Å². The number of benzene rings is 2. The Morgan fingerprint density at radius 1 is 1.07 bits per heavy atom. The number of carbonyl (C=O) groups is 1. The number of amides is 1. The Morgan fingerprint density at radius 3 is 2.63 bits per heavy atom. The Hall–Kier alpha value is -3.41. The zero-order chi connectivity index (χ0) is 18.8. The molecule has 2 heterocycles. The van der Waals surface area contributed by atoms with Gasteiger partial charge in [0.15, 0.2) is 0 Å². The van der Waals surface area contributed by atoms with Gasteiger partial charge in [-0.15, -0.1) is 10.2 Å². The molecule has 0 spiro atoms. The second kappa shape index (κ2) is 7.07. The number of hydrogen-bond donors (Lipinski definition) is 1. The number of hydrogen-bond acceptors (Lipinski definition) is 4. The average Bonchev–Trinajstić information content (AvgIpc) is 3.25. The number of rotatable bonds is 5. The highest BCUT2D eigenvalue weighted by Crippen LogP contribution is 2.29. The molecule has 27 heavy (non-hydrogen) atoms. The quantitative estimate of drug-likeness (QED) is 0.590. The molecule has 0 bridgehead atoms. The number of para-hydroxylation sites is 1. The molecular weight excluding hydrogens is 340 g/mol. The number of nitrogens with one attached hydrogen (secondary N) is 1. The van der Waals surface area contributed by atoms with Crippen LogP contribution < -0.4 is 5.32 Å². The van der Waals surface area contributed by atoms with Crippen LogP contribution in [0.1, 0.15) is 17.0 Å². The van der Waals surface area contributed by atoms with Crippen molar-refractivity contribution >= 4 is 16.8 Å². The molecular formula is C21H20N4O2. The molecule has 0 aliphatic heterocycles. The molecule has 0 aliphatic carbocycles. The maximum atomic E-state index is 12.5. The summed E-state index contributed by atoms with van der Waals surface area (Å²) in [6.07, 6.45) is 1.89. The lowest BCUT2D eigenvalue weighted by molar-refractivity contribution is -0.121. The molecule has 136 valence electrons. The van der Waals surface area contributed by atoms with Gasteiger partial charge in [0.1, 0.15) is 6.54 Å². The first-order valence-corrected chi connectivity index (χ1v) is 8.81. The van der Waals surface area contributed by atoms with Crippen LogP contribution in [0.5, 0.6) is 0 Å². The summed E-state index contributed by atoms with van der Waals surface area (Å²) >= 11 is 0. The molecule has 0 atom stereocenters. The molecule has 1 N–H and O–H groups in total. The zero-order valence-corrected chi connectivity index (χ0v) is 15.3. The third-order valence-electron chi connectivity index (χ3n) is 4.60. The van der Waals surface area contributed by atoms with Crippen LogP contribution in [0.3, 0.4) is 0 Å². The van der Waals surface area contributed by atoms with Gasteiger partial charge in [0.2, 0.25) is 17.7 Å². The highest BCUT2D eigenvalue weighted by Gasteiger charge is 2.16. The fourth-order valence-corrected chi connectivity index (χ4v) is 3.17. The van der Waals surface area contributed by atoms with E-state index in [2.05, 4.69) is 15.5 Å². The maximum absolute atomic E-state index is 12.5. The number of fused-ring (bicyclic) bond motifs is 1. The Bertz CT molecular complexity index is 1110. The van der Waals surface area contributed by atoms with Crippen LogP contribution in [-0.4, -0.2) is 20.7 Å². The molecule has 0 aliphatic rings. The van der Waals surface area contributed by atoms with E-state index in [1.54, 1.807) is 6.92 Å². The summed E-state index contributed by atoms with van der Waals surface area (Å²) in [6.45, 7) is 4.54. The van der Waals surface area contributed by atoms with E-state index in [0.717, 1.165) is 22.0 Å². The molecule has 2 aromatic heterocycles. The molecule has 0 saturated heterocycles. The van der Waals surface area contributed by atoms with Crippen molar-refractivity contribution in [3.05, 3.63) is 71.7 Å². The topological polar surface area (TPSA) is 73.0 Å². The van der Waals surface area contributed by atoms with Gasteiger partial charge in [0, 0.05) is 30.6 Å². The van der Waals surface area contributed by atoms with Crippen LogP contribution in [0.4, 0.5) is 0 Å². The van der Waals surface area contributed by atoms with E-state index in [9.17, 15) is 4.79 Å². The standard InChI is InChI=1S/C21H20N4O2/c1-14-7-3-4-8-16(14)11-22-20(26)13-25-12-18(21-24-23-15(2)27-21)17-9-5-6-10-19(17)25/h3-10,12H,11,13H2,1-2H3,(H,22,26). The lowest BCUT2D eigenvalue weighted by Gasteiger charge is -2.09. The van der Waals surface area contributed by atoms with Crippen molar-refractivity contribution in [2.24, 2.45) is 0 Å². The van der Waals surface area contributed by atoms with Crippen LogP contribution in [0.15, 0.2) is 59.1 Å². The summed E-state index contributed by atoms with van der Waals surface area (Å²) in [7, 11) is 0. The van der Waals surface area contributed by atoms with Gasteiger partial charge in [-0.05, 0) is 24.1 Å². The van der Waals surface area contributed by atoms with E-state index < -0.39 is 0 Å². The number of nitrogens with zero attached hydrogens (tertiary/aromatic N) is 3. The Balaban J connectivity index is 1.57. The summed E-state index contributed by atoms with van der Waals surface area (Å²) in [5.74, 6) is 0.924. The Labute approximate surface area is 156 Å². The first kappa shape index (κ1) is 17.0. The third kappa shape index (κ3) is 3.46. The van der Waals surface area contributed by atoms with Gasteiger partial charge >= 0.3 is 0 Å². The van der Waals surface area contributed by atoms with Crippen LogP contribution in [0.2, 0.25) is 0 Å². The Kier molecular flexibility index (Phi) is 4.46. The molecule has 2 aromatic carbocycles. The van der Waals surface area contributed by atoms with Crippen molar-refractivity contribution in [2.45, 2.75) is 26.9 Å². The predicted molar refractivity (Wildman–Crippen MR) is 103 cm³/mol. The van der Waals surface area contributed by atoms with Crippen molar-refractivity contribution < 1.29 is 9.21 Å². The van der Waals surface area contributed by atoms with Gasteiger partial charge in [-0.3, -0.25) is 4.79 Å². The van der Waals surface area contributed by atoms with Gasteiger partial charge in [0.25, 0.3) is 0 Å². The van der Waals surface area contributed by atoms with E-state index in [0.29, 0.717) is 18.3 Å². The molecule has 6 nitrogen and oxygen atoms in total. The average molecular weight is 360 g/mol. The largest absolute Gasteiger partial charge is 0.421 e. The first-order chi connectivity index (χ1) is 13.1. The smallest absolute Gasteiger partial charge is 0.249 e. The van der Waals surface area contributed by atoms with Crippen LogP contribution in [-0.2, 0) is 17.9 Å². The molecule has 0 unspecified atom stereocenters. The maximum Gasteiger partial charge on any atom is 0.249 e. The second-order valence-corrected chi connectivity index (χ2v) is 6.52. The molecule has 0 saturated carbocycles. The normalized spacial score (nSPS) is 11.0. The molecule has 6 heteroatoms. The number of aryl methyl sites for hydroxylation is 2. The molecule has 0 radical (unpaired) electrons. The van der Waals surface area contributed by atoms with Crippen molar-refractivity contribution in [3.63, 3.8) is 0 Å². The monoisotopic (exact) mass is 360 g/mol. The SMILES string of the molecule is Cc1nnc(-c2cn(CC(=O)NCc3ccccc3C)c3ccccc23)o1. The van der Waals surface area contributed by atoms with E-state index in [1.165, 1.54) is 5.56 Å². The van der Waals surface area contributed by atoms with Crippen LogP contribution in [0, 0.1) is 13.8 Å². The second-order valence-electron chi connectivity index (χ2n) is 6.52. The predicted octanol–water partition coefficient (Wildman–Crippen LogP) is 3.62. The van der Waals surface area contributed by atoms with E-state index in [1.807, 2.05) is 66.2 Å². The third-order valence-corrected chi connectivity index (χ3v) is 4.60. The minimum atomic E-state index is -0.0488. The van der Waals surface area contributed by atoms with E-state index in [-0.39, 0.29) is 12.5 Å². The van der Waals surface area contributed by atoms with E-state index >= 15 is 0 Å². The van der Waals surface area contributed by atoms with Gasteiger partial charge in [-0.1, -0.05) is 42.5 Å². The molecule has 0 fully saturated rings. The van der Waals surface area contributed by atoms with Crippen LogP contribution in [0.25, 0.3) is 22.4 Å². The van der Waals surface area contributed by atoms with Crippen molar-refractivity contribution in [3.8, 4) is 11.5 Å². The van der Waals surface area contributed by atoms with Gasteiger partial charge in [0.05, 0.1) is 5.56 Å². The van der Waals surface area contributed by atoms with Crippen LogP contribution >= 0.6 is 0 Å². The van der Waals surface area contributed by atoms with E-state index in [4.69, 9.17) is 4.42 Å². The highest BCUT2D eigenvalue weighted by molar-refractivity contribution is 5.94. The zero-order valence-electron chi connectivity index (χ0n) is 15.3. The van der Waals surface area contributed by atoms with Crippen molar-refractivity contribution in [1.82, 2.24) is 20.1 Å². The van der Waals surface area contributed by atoms with Gasteiger partial charge in [-0.25, -0.2) is 0 Å². The number of carbonyl (C=O) groups excluding carboxylic acids is 1. The van der Waals surface area contributed by atoms with Crippen molar-refractivity contribution in [2.75, 3.05) is 0 Å². The molecule has 1 amide bonds. The summed E-state index contributed by atoms with van der Waals surface area (Å²) in [5, 5.41) is 12.0. The molecule has 4 rings (SSSR count). The lowest BCUT2D eigenvalue weighted by atomic mass is 10.1. The highest BCUT2D eigenvalue weighted by atomic mass is 16.4. The fraction of sp³-hybridized carbons (Fsp3) is 0.190. The molecule has 4 aromatic rings. The summed E-state index contributed by atoms with van der Waals surface area (Å²) in [5.41, 5.74) is 4.07. The number of aromatic nitrogens is 3. The minimum absolute atomic E-state index is 0.0488. The Morgan fingerprint density at radius 2 is 1.85 bits per heavy atom. The van der Waals surface area contributed by atoms with Gasteiger partial charge < -0.3 is 14.3 Å². The summed E-state index contributed by atoms with van der Waals surface area (Å²) in [6, 6.07) is 15.9. The fourth-order valence-electron chi connectivity index (χ4n) is 3.17.